The second-order valence-electron chi connectivity index (χ2n) is 18.0. The van der Waals surface area contributed by atoms with Gasteiger partial charge in [-0.05, 0) is 182 Å². The van der Waals surface area contributed by atoms with Gasteiger partial charge in [-0.1, -0.05) is 101 Å². The highest BCUT2D eigenvalue weighted by atomic mass is 31.1. The number of hydrogen-bond acceptors (Lipinski definition) is 0. The van der Waals surface area contributed by atoms with Gasteiger partial charge in [0.1, 0.15) is 0 Å². The van der Waals surface area contributed by atoms with Gasteiger partial charge in [0.15, 0.2) is 0 Å². The van der Waals surface area contributed by atoms with E-state index in [1.807, 2.05) is 0 Å². The molecule has 0 radical (unpaired) electrons. The number of hydrogen-bond donors (Lipinski definition) is 0. The van der Waals surface area contributed by atoms with Crippen LogP contribution in [-0.2, 0) is 19.0 Å². The van der Waals surface area contributed by atoms with Crippen molar-refractivity contribution in [1.82, 2.24) is 0 Å². The molecule has 0 heterocycles. The molecule has 0 aromatic heterocycles. The molecule has 3 aromatic carbocycles. The SMILES string of the molecule is CC(Cc1ccccc1)c1ccc(CP(C23CC4CC(CC(C4)C2)C3)C23CC4CC(CC(C4)C2)C3)cc1C(C)Cc1ccccc1. The van der Waals surface area contributed by atoms with Gasteiger partial charge in [0.2, 0.25) is 0 Å². The van der Waals surface area contributed by atoms with Crippen molar-refractivity contribution >= 4 is 7.92 Å². The van der Waals surface area contributed by atoms with Crippen molar-refractivity contribution in [2.45, 2.75) is 132 Å². The van der Waals surface area contributed by atoms with E-state index in [-0.39, 0.29) is 7.92 Å². The Morgan fingerprint density at radius 3 is 1.30 bits per heavy atom. The Morgan fingerprint density at radius 1 is 0.500 bits per heavy atom. The molecule has 8 fully saturated rings. The first kappa shape index (κ1) is 30.2. The van der Waals surface area contributed by atoms with Crippen LogP contribution in [0.2, 0.25) is 0 Å². The first-order valence-corrected chi connectivity index (χ1v) is 20.9. The van der Waals surface area contributed by atoms with Crippen LogP contribution in [0, 0.1) is 35.5 Å². The fraction of sp³-hybridized carbons (Fsp3) is 0.600. The van der Waals surface area contributed by atoms with E-state index in [9.17, 15) is 0 Å². The summed E-state index contributed by atoms with van der Waals surface area (Å²) in [5, 5.41) is 1.40. The second-order valence-corrected chi connectivity index (χ2v) is 21.1. The van der Waals surface area contributed by atoms with Gasteiger partial charge >= 0.3 is 0 Å². The summed E-state index contributed by atoms with van der Waals surface area (Å²) in [6, 6.07) is 30.6. The van der Waals surface area contributed by atoms with E-state index in [1.54, 1.807) is 93.7 Å². The zero-order chi connectivity index (χ0) is 30.9. The van der Waals surface area contributed by atoms with Crippen LogP contribution in [0.15, 0.2) is 78.9 Å². The van der Waals surface area contributed by atoms with Crippen molar-refractivity contribution in [3.05, 3.63) is 107 Å². The largest absolute Gasteiger partial charge is 0.0894 e. The summed E-state index contributed by atoms with van der Waals surface area (Å²) in [5.41, 5.74) is 7.91. The highest BCUT2D eigenvalue weighted by molar-refractivity contribution is 7.60. The minimum absolute atomic E-state index is 0.0296. The third-order valence-electron chi connectivity index (χ3n) is 14.5. The Balaban J connectivity index is 1.09. The van der Waals surface area contributed by atoms with Crippen LogP contribution in [0.4, 0.5) is 0 Å². The summed E-state index contributed by atoms with van der Waals surface area (Å²) in [7, 11) is -0.0296. The van der Waals surface area contributed by atoms with Gasteiger partial charge in [0, 0.05) is 0 Å². The van der Waals surface area contributed by atoms with Gasteiger partial charge in [-0.25, -0.2) is 0 Å². The van der Waals surface area contributed by atoms with E-state index in [0.717, 1.165) is 48.3 Å². The maximum absolute atomic E-state index is 2.78. The molecule has 0 spiro atoms. The van der Waals surface area contributed by atoms with Gasteiger partial charge < -0.3 is 0 Å². The minimum atomic E-state index is -0.0296. The van der Waals surface area contributed by atoms with Crippen LogP contribution >= 0.6 is 7.92 Å². The predicted octanol–water partition coefficient (Wildman–Crippen LogP) is 12.3. The third kappa shape index (κ3) is 5.56. The predicted molar refractivity (Wildman–Crippen MR) is 196 cm³/mol. The summed E-state index contributed by atoms with van der Waals surface area (Å²) in [5.74, 6) is 7.43. The molecule has 8 bridgehead atoms. The number of rotatable bonds is 10. The fourth-order valence-corrected chi connectivity index (χ4v) is 18.7. The molecular weight excluding hydrogens is 571 g/mol. The first-order valence-electron chi connectivity index (χ1n) is 19.4. The summed E-state index contributed by atoms with van der Waals surface area (Å²) >= 11 is 0. The van der Waals surface area contributed by atoms with Crippen LogP contribution in [0.5, 0.6) is 0 Å². The smallest absolute Gasteiger partial charge is 0.00630 e. The van der Waals surface area contributed by atoms with Crippen molar-refractivity contribution in [2.75, 3.05) is 0 Å². The second kappa shape index (κ2) is 11.9. The summed E-state index contributed by atoms with van der Waals surface area (Å²) < 4.78 is 0. The summed E-state index contributed by atoms with van der Waals surface area (Å²) in [6.07, 6.45) is 22.8. The van der Waals surface area contributed by atoms with E-state index < -0.39 is 0 Å². The molecule has 0 N–H and O–H groups in total. The Bertz CT molecular complexity index is 1400. The van der Waals surface area contributed by atoms with Gasteiger partial charge in [-0.2, -0.15) is 0 Å². The van der Waals surface area contributed by atoms with E-state index in [1.165, 1.54) is 17.3 Å². The van der Waals surface area contributed by atoms with E-state index in [0.29, 0.717) is 22.1 Å². The minimum Gasteiger partial charge on any atom is -0.0894 e. The topological polar surface area (TPSA) is 0 Å². The lowest BCUT2D eigenvalue weighted by Gasteiger charge is -2.67. The fourth-order valence-electron chi connectivity index (χ4n) is 13.6. The molecule has 3 aromatic rings. The Morgan fingerprint density at radius 2 is 0.891 bits per heavy atom. The highest BCUT2D eigenvalue weighted by Crippen LogP contribution is 2.79. The molecular formula is C45H57P. The monoisotopic (exact) mass is 628 g/mol. The molecule has 0 amide bonds. The van der Waals surface area contributed by atoms with Crippen molar-refractivity contribution in [1.29, 1.82) is 0 Å². The molecule has 0 saturated heterocycles. The molecule has 1 heteroatoms. The van der Waals surface area contributed by atoms with Gasteiger partial charge in [0.25, 0.3) is 0 Å². The molecule has 2 atom stereocenters. The van der Waals surface area contributed by atoms with Crippen LogP contribution in [0.3, 0.4) is 0 Å². The number of benzene rings is 3. The maximum atomic E-state index is 2.78. The van der Waals surface area contributed by atoms with Crippen LogP contribution < -0.4 is 0 Å². The average Bonchev–Trinajstić information content (AvgIpc) is 3.03. The molecule has 0 aliphatic heterocycles. The molecule has 8 aliphatic carbocycles. The molecule has 242 valence electrons. The summed E-state index contributed by atoms with van der Waals surface area (Å²) in [4.78, 5) is 0. The zero-order valence-corrected chi connectivity index (χ0v) is 29.6. The third-order valence-corrected chi connectivity index (χ3v) is 18.5. The van der Waals surface area contributed by atoms with Crippen molar-refractivity contribution in [2.24, 2.45) is 35.5 Å². The lowest BCUT2D eigenvalue weighted by atomic mass is 9.55. The van der Waals surface area contributed by atoms with Crippen molar-refractivity contribution < 1.29 is 0 Å². The van der Waals surface area contributed by atoms with E-state index >= 15 is 0 Å². The molecule has 0 nitrogen and oxygen atoms in total. The van der Waals surface area contributed by atoms with Crippen molar-refractivity contribution in [3.63, 3.8) is 0 Å². The molecule has 46 heavy (non-hydrogen) atoms. The lowest BCUT2D eigenvalue weighted by molar-refractivity contribution is 0.0184. The highest BCUT2D eigenvalue weighted by Gasteiger charge is 2.62. The van der Waals surface area contributed by atoms with E-state index in [4.69, 9.17) is 0 Å². The molecule has 2 unspecified atom stereocenters. The van der Waals surface area contributed by atoms with Gasteiger partial charge in [0.05, 0.1) is 0 Å². The van der Waals surface area contributed by atoms with Gasteiger partial charge in [-0.3, -0.25) is 0 Å². The van der Waals surface area contributed by atoms with Crippen LogP contribution in [-0.4, -0.2) is 10.3 Å². The standard InChI is InChI=1S/C45H57P/c1-31(15-33-9-5-3-6-10-33)42-14-13-35(23-43(42)32(2)16-34-11-7-4-8-12-34)30-46(44-24-36-17-37(25-44)19-38(18-36)26-44)45-27-39-20-40(28-45)22-41(21-39)29-45/h3-14,23,31-32,36-41H,15-22,24-30H2,1-2H3. The van der Waals surface area contributed by atoms with Gasteiger partial charge in [-0.15, -0.1) is 0 Å². The molecule has 11 rings (SSSR count). The van der Waals surface area contributed by atoms with Crippen LogP contribution in [0.25, 0.3) is 0 Å². The van der Waals surface area contributed by atoms with E-state index in [2.05, 4.69) is 92.7 Å². The average molecular weight is 629 g/mol. The Hall–Kier alpha value is -1.91. The summed E-state index contributed by atoms with van der Waals surface area (Å²) in [6.45, 7) is 5.00. The molecule has 8 saturated carbocycles. The van der Waals surface area contributed by atoms with Crippen molar-refractivity contribution in [3.8, 4) is 0 Å². The van der Waals surface area contributed by atoms with Crippen LogP contribution in [0.1, 0.15) is 131 Å². The molecule has 8 aliphatic rings. The lowest BCUT2D eigenvalue weighted by Crippen LogP contribution is -2.56. The zero-order valence-electron chi connectivity index (χ0n) is 28.7. The quantitative estimate of drug-likeness (QED) is 0.196. The maximum Gasteiger partial charge on any atom is -0.00630 e. The first-order chi connectivity index (χ1) is 22.4. The normalized spacial score (nSPS) is 37.3. The Kier molecular flexibility index (Phi) is 7.81. The Labute approximate surface area is 281 Å².